The van der Waals surface area contributed by atoms with E-state index in [1.165, 1.54) is 13.5 Å². The molecule has 0 aliphatic heterocycles. The van der Waals surface area contributed by atoms with E-state index in [4.69, 9.17) is 4.42 Å². The Balaban J connectivity index is 2.28. The Morgan fingerprint density at radius 3 is 2.76 bits per heavy atom. The number of esters is 1. The highest BCUT2D eigenvalue weighted by molar-refractivity contribution is 6.07. The number of hydrogen-bond donors (Lipinski definition) is 2. The molecule has 0 aliphatic carbocycles. The van der Waals surface area contributed by atoms with Gasteiger partial charge in [-0.15, -0.1) is 0 Å². The number of H-pyrrole nitrogens is 1. The number of aromatic amines is 1. The van der Waals surface area contributed by atoms with E-state index in [1.807, 2.05) is 13.8 Å². The van der Waals surface area contributed by atoms with Gasteiger partial charge in [-0.05, 0) is 13.0 Å². The summed E-state index contributed by atoms with van der Waals surface area (Å²) in [5.41, 5.74) is 1.48. The Bertz CT molecular complexity index is 670. The molecular formula is C14H17N3O4. The van der Waals surface area contributed by atoms with E-state index in [0.717, 1.165) is 5.69 Å². The number of nitrogens with one attached hydrogen (secondary N) is 2. The summed E-state index contributed by atoms with van der Waals surface area (Å²) in [6.07, 6.45) is 1.23. The van der Waals surface area contributed by atoms with Crippen molar-refractivity contribution in [1.82, 2.24) is 9.97 Å². The lowest BCUT2D eigenvalue weighted by atomic mass is 10.1. The van der Waals surface area contributed by atoms with Gasteiger partial charge in [0.2, 0.25) is 0 Å². The number of rotatable bonds is 4. The highest BCUT2D eigenvalue weighted by atomic mass is 16.5. The van der Waals surface area contributed by atoms with Crippen molar-refractivity contribution in [1.29, 1.82) is 0 Å². The van der Waals surface area contributed by atoms with Gasteiger partial charge in [0.1, 0.15) is 11.5 Å². The molecule has 2 heterocycles. The fourth-order valence-corrected chi connectivity index (χ4v) is 1.97. The number of nitrogens with zero attached hydrogens (tertiary/aromatic N) is 1. The summed E-state index contributed by atoms with van der Waals surface area (Å²) < 4.78 is 9.89. The third-order valence-corrected chi connectivity index (χ3v) is 2.92. The van der Waals surface area contributed by atoms with Crippen molar-refractivity contribution in [3.05, 3.63) is 35.3 Å². The quantitative estimate of drug-likeness (QED) is 0.843. The molecule has 0 bridgehead atoms. The highest BCUT2D eigenvalue weighted by Crippen LogP contribution is 2.22. The first-order valence-electron chi connectivity index (χ1n) is 6.46. The van der Waals surface area contributed by atoms with E-state index in [-0.39, 0.29) is 17.3 Å². The molecule has 0 aromatic carbocycles. The van der Waals surface area contributed by atoms with Crippen LogP contribution in [0.1, 0.15) is 52.2 Å². The fraction of sp³-hybridized carbons (Fsp3) is 0.357. The van der Waals surface area contributed by atoms with Crippen molar-refractivity contribution in [3.8, 4) is 0 Å². The van der Waals surface area contributed by atoms with Crippen molar-refractivity contribution < 1.29 is 18.7 Å². The lowest BCUT2D eigenvalue weighted by Gasteiger charge is -2.06. The van der Waals surface area contributed by atoms with Crippen molar-refractivity contribution in [2.75, 3.05) is 12.4 Å². The van der Waals surface area contributed by atoms with Gasteiger partial charge in [0.05, 0.1) is 12.8 Å². The Hall–Kier alpha value is -2.57. The standard InChI is InChI=1S/C14H17N3O4/c1-7(2)12-11(15-6-21-12)13(18)17-9-5-8(3)16-10(9)14(19)20-4/h5-7,16H,1-4H3,(H,17,18). The minimum absolute atomic E-state index is 0.0290. The minimum atomic E-state index is -0.553. The number of methoxy groups -OCH3 is 1. The lowest BCUT2D eigenvalue weighted by Crippen LogP contribution is -2.16. The SMILES string of the molecule is COC(=O)c1[nH]c(C)cc1NC(=O)c1ncoc1C(C)C. The monoisotopic (exact) mass is 291 g/mol. The summed E-state index contributed by atoms with van der Waals surface area (Å²) >= 11 is 0. The average Bonchev–Trinajstić information content (AvgIpc) is 3.04. The van der Waals surface area contributed by atoms with Crippen LogP contribution in [0.25, 0.3) is 0 Å². The molecule has 0 atom stereocenters. The van der Waals surface area contributed by atoms with Gasteiger partial charge in [-0.3, -0.25) is 4.79 Å². The smallest absolute Gasteiger partial charge is 0.356 e. The zero-order chi connectivity index (χ0) is 15.6. The molecule has 0 aliphatic rings. The van der Waals surface area contributed by atoms with Gasteiger partial charge in [0.15, 0.2) is 12.1 Å². The molecule has 0 saturated carbocycles. The molecule has 7 nitrogen and oxygen atoms in total. The normalized spacial score (nSPS) is 10.7. The zero-order valence-corrected chi connectivity index (χ0v) is 12.3. The van der Waals surface area contributed by atoms with Gasteiger partial charge in [0, 0.05) is 11.6 Å². The Morgan fingerprint density at radius 2 is 2.14 bits per heavy atom. The third kappa shape index (κ3) is 2.96. The lowest BCUT2D eigenvalue weighted by molar-refractivity contribution is 0.0596. The first kappa shape index (κ1) is 14.8. The highest BCUT2D eigenvalue weighted by Gasteiger charge is 2.22. The van der Waals surface area contributed by atoms with Crippen LogP contribution in [0.5, 0.6) is 0 Å². The van der Waals surface area contributed by atoms with Gasteiger partial charge in [0.25, 0.3) is 5.91 Å². The largest absolute Gasteiger partial charge is 0.464 e. The van der Waals surface area contributed by atoms with Crippen LogP contribution < -0.4 is 5.32 Å². The number of ether oxygens (including phenoxy) is 1. The zero-order valence-electron chi connectivity index (χ0n) is 12.3. The molecule has 112 valence electrons. The predicted molar refractivity (Wildman–Crippen MR) is 75.4 cm³/mol. The molecule has 21 heavy (non-hydrogen) atoms. The molecule has 0 saturated heterocycles. The van der Waals surface area contributed by atoms with Crippen LogP contribution >= 0.6 is 0 Å². The topological polar surface area (TPSA) is 97.2 Å². The molecule has 0 spiro atoms. The number of aryl methyl sites for hydroxylation is 1. The van der Waals surface area contributed by atoms with Gasteiger partial charge < -0.3 is 19.5 Å². The Morgan fingerprint density at radius 1 is 1.43 bits per heavy atom. The molecule has 2 aromatic rings. The molecule has 0 fully saturated rings. The van der Waals surface area contributed by atoms with Crippen LogP contribution in [-0.2, 0) is 4.74 Å². The second kappa shape index (κ2) is 5.82. The summed E-state index contributed by atoms with van der Waals surface area (Å²) in [7, 11) is 1.28. The third-order valence-electron chi connectivity index (χ3n) is 2.92. The van der Waals surface area contributed by atoms with Gasteiger partial charge in [-0.1, -0.05) is 13.8 Å². The molecule has 7 heteroatoms. The van der Waals surface area contributed by atoms with Crippen LogP contribution in [0, 0.1) is 6.92 Å². The number of oxazole rings is 1. The molecule has 2 aromatic heterocycles. The molecule has 0 unspecified atom stereocenters. The number of aromatic nitrogens is 2. The van der Waals surface area contributed by atoms with Crippen LogP contribution in [0.4, 0.5) is 5.69 Å². The van der Waals surface area contributed by atoms with Crippen molar-refractivity contribution in [2.45, 2.75) is 26.7 Å². The van der Waals surface area contributed by atoms with E-state index in [9.17, 15) is 9.59 Å². The van der Waals surface area contributed by atoms with E-state index >= 15 is 0 Å². The average molecular weight is 291 g/mol. The molecular weight excluding hydrogens is 274 g/mol. The summed E-state index contributed by atoms with van der Waals surface area (Å²) in [5, 5.41) is 2.65. The maximum Gasteiger partial charge on any atom is 0.356 e. The Kier molecular flexibility index (Phi) is 4.11. The second-order valence-corrected chi connectivity index (χ2v) is 4.91. The van der Waals surface area contributed by atoms with Crippen LogP contribution in [0.15, 0.2) is 16.9 Å². The molecule has 1 amide bonds. The molecule has 2 rings (SSSR count). The predicted octanol–water partition coefficient (Wildman–Crippen LogP) is 2.47. The number of carbonyl (C=O) groups is 2. The number of hydrogen-bond acceptors (Lipinski definition) is 5. The van der Waals surface area contributed by atoms with Crippen molar-refractivity contribution in [3.63, 3.8) is 0 Å². The molecule has 0 radical (unpaired) electrons. The summed E-state index contributed by atoms with van der Waals surface area (Å²) in [5.74, 6) is -0.458. The Labute approximate surface area is 121 Å². The van der Waals surface area contributed by atoms with E-state index in [2.05, 4.69) is 20.0 Å². The van der Waals surface area contributed by atoms with Gasteiger partial charge >= 0.3 is 5.97 Å². The minimum Gasteiger partial charge on any atom is -0.464 e. The maximum absolute atomic E-state index is 12.3. The van der Waals surface area contributed by atoms with E-state index < -0.39 is 11.9 Å². The van der Waals surface area contributed by atoms with Crippen molar-refractivity contribution >= 4 is 17.6 Å². The van der Waals surface area contributed by atoms with Gasteiger partial charge in [-0.2, -0.15) is 0 Å². The van der Waals surface area contributed by atoms with E-state index in [1.54, 1.807) is 13.0 Å². The van der Waals surface area contributed by atoms with Gasteiger partial charge in [-0.25, -0.2) is 9.78 Å². The molecule has 2 N–H and O–H groups in total. The first-order chi connectivity index (χ1) is 9.93. The van der Waals surface area contributed by atoms with Crippen molar-refractivity contribution in [2.24, 2.45) is 0 Å². The maximum atomic E-state index is 12.3. The summed E-state index contributed by atoms with van der Waals surface area (Å²) in [6, 6.07) is 1.65. The number of carbonyl (C=O) groups excluding carboxylic acids is 2. The van der Waals surface area contributed by atoms with Crippen LogP contribution in [0.3, 0.4) is 0 Å². The van der Waals surface area contributed by atoms with E-state index in [0.29, 0.717) is 11.4 Å². The second-order valence-electron chi connectivity index (χ2n) is 4.91. The number of amides is 1. The van der Waals surface area contributed by atoms with Crippen LogP contribution in [0.2, 0.25) is 0 Å². The summed E-state index contributed by atoms with van der Waals surface area (Å²) in [4.78, 5) is 30.7. The number of anilines is 1. The first-order valence-corrected chi connectivity index (χ1v) is 6.46. The summed E-state index contributed by atoms with van der Waals surface area (Å²) in [6.45, 7) is 5.58. The fourth-order valence-electron chi connectivity index (χ4n) is 1.97. The van der Waals surface area contributed by atoms with Crippen LogP contribution in [-0.4, -0.2) is 29.0 Å².